The molecular weight excluding hydrogens is 242 g/mol. The largest absolute Gasteiger partial charge is 0.451 e. The molecule has 0 bridgehead atoms. The Kier molecular flexibility index (Phi) is 1.90. The minimum atomic E-state index is -0.453. The van der Waals surface area contributed by atoms with Gasteiger partial charge in [0.25, 0.3) is 0 Å². The van der Waals surface area contributed by atoms with Crippen molar-refractivity contribution >= 4 is 6.09 Å². The summed E-state index contributed by atoms with van der Waals surface area (Å²) in [4.78, 5) is 12.0. The van der Waals surface area contributed by atoms with Crippen LogP contribution in [0.1, 0.15) is 41.5 Å². The Balaban J connectivity index is 2.20. The Bertz CT molecular complexity index is 569. The van der Waals surface area contributed by atoms with E-state index in [1.165, 1.54) is 23.3 Å². The topological polar surface area (TPSA) is 54.3 Å². The van der Waals surface area contributed by atoms with Crippen LogP contribution >= 0.6 is 0 Å². The van der Waals surface area contributed by atoms with E-state index in [0.29, 0.717) is 0 Å². The zero-order chi connectivity index (χ0) is 14.4. The molecule has 0 aromatic rings. The molecule has 1 amide bonds. The third-order valence-corrected chi connectivity index (χ3v) is 7.06. The van der Waals surface area contributed by atoms with Gasteiger partial charge in [0.1, 0.15) is 11.1 Å². The van der Waals surface area contributed by atoms with Gasteiger partial charge < -0.3 is 4.74 Å². The van der Waals surface area contributed by atoms with Crippen LogP contribution in [0.15, 0.2) is 21.5 Å². The lowest BCUT2D eigenvalue weighted by Gasteiger charge is -2.81. The fourth-order valence-corrected chi connectivity index (χ4v) is 5.20. The smallest absolute Gasteiger partial charge is 0.432 e. The van der Waals surface area contributed by atoms with Gasteiger partial charge in [-0.05, 0) is 27.7 Å². The van der Waals surface area contributed by atoms with E-state index >= 15 is 0 Å². The van der Waals surface area contributed by atoms with Crippen molar-refractivity contribution in [2.24, 2.45) is 21.2 Å². The van der Waals surface area contributed by atoms with Crippen molar-refractivity contribution in [1.29, 1.82) is 0 Å². The van der Waals surface area contributed by atoms with Crippen molar-refractivity contribution in [1.82, 2.24) is 5.01 Å². The van der Waals surface area contributed by atoms with Gasteiger partial charge in [-0.15, -0.1) is 0 Å². The minimum Gasteiger partial charge on any atom is -0.451 e. The van der Waals surface area contributed by atoms with Crippen LogP contribution in [0, 0.1) is 10.8 Å². The van der Waals surface area contributed by atoms with E-state index in [0.717, 1.165) is 0 Å². The Morgan fingerprint density at radius 3 is 2.16 bits per heavy atom. The number of hydrogen-bond acceptors (Lipinski definition) is 4. The molecule has 19 heavy (non-hydrogen) atoms. The zero-order valence-electron chi connectivity index (χ0n) is 12.7. The molecule has 0 N–H and O–H groups in total. The number of ether oxygens (including phenoxy) is 1. The van der Waals surface area contributed by atoms with Crippen LogP contribution in [0.3, 0.4) is 0 Å². The molecule has 3 aliphatic rings. The SMILES string of the molecule is COC(=O)N1N=N[C@]2(C)[C@]3(C)C(C)=C(C)[C@]3(C)[C@]12C. The molecule has 0 aromatic carbocycles. The predicted molar refractivity (Wildman–Crippen MR) is 70.5 cm³/mol. The third-order valence-electron chi connectivity index (χ3n) is 7.06. The Hall–Kier alpha value is -1.39. The van der Waals surface area contributed by atoms with E-state index in [-0.39, 0.29) is 16.4 Å². The molecule has 104 valence electrons. The minimum absolute atomic E-state index is 0.0366. The van der Waals surface area contributed by atoms with Crippen LogP contribution in [-0.2, 0) is 4.74 Å². The number of hydrogen-bond donors (Lipinski definition) is 0. The highest BCUT2D eigenvalue weighted by atomic mass is 16.5. The lowest BCUT2D eigenvalue weighted by Crippen LogP contribution is -2.89. The second-order valence-corrected chi connectivity index (χ2v) is 6.62. The summed E-state index contributed by atoms with van der Waals surface area (Å²) in [6.45, 7) is 12.9. The summed E-state index contributed by atoms with van der Waals surface area (Å²) in [5.41, 5.74) is 1.75. The Labute approximate surface area is 113 Å². The first-order valence-corrected chi connectivity index (χ1v) is 6.64. The summed E-state index contributed by atoms with van der Waals surface area (Å²) in [6, 6.07) is 0. The lowest BCUT2D eigenvalue weighted by molar-refractivity contribution is -0.225. The van der Waals surface area contributed by atoms with Crippen LogP contribution in [0.25, 0.3) is 0 Å². The summed E-state index contributed by atoms with van der Waals surface area (Å²) >= 11 is 0. The second-order valence-electron chi connectivity index (χ2n) is 6.62. The fraction of sp³-hybridized carbons (Fsp3) is 0.786. The molecule has 3 rings (SSSR count). The molecule has 1 heterocycles. The predicted octanol–water partition coefficient (Wildman–Crippen LogP) is 3.33. The summed E-state index contributed by atoms with van der Waals surface area (Å²) in [5, 5.41) is 10.0. The van der Waals surface area contributed by atoms with Gasteiger partial charge in [0.05, 0.1) is 7.11 Å². The molecule has 5 heteroatoms. The fourth-order valence-electron chi connectivity index (χ4n) is 5.20. The van der Waals surface area contributed by atoms with E-state index in [1.54, 1.807) is 0 Å². The van der Waals surface area contributed by atoms with E-state index in [4.69, 9.17) is 4.74 Å². The van der Waals surface area contributed by atoms with E-state index < -0.39 is 11.6 Å². The molecule has 0 radical (unpaired) electrons. The molecule has 1 saturated carbocycles. The Morgan fingerprint density at radius 1 is 1.11 bits per heavy atom. The van der Waals surface area contributed by atoms with Crippen molar-refractivity contribution in [2.75, 3.05) is 7.11 Å². The highest BCUT2D eigenvalue weighted by Gasteiger charge is 2.90. The van der Waals surface area contributed by atoms with Gasteiger partial charge in [-0.25, -0.2) is 4.79 Å². The molecule has 0 saturated heterocycles. The van der Waals surface area contributed by atoms with Gasteiger partial charge in [0.15, 0.2) is 0 Å². The summed E-state index contributed by atoms with van der Waals surface area (Å²) in [7, 11) is 1.38. The maximum atomic E-state index is 12.0. The first kappa shape index (κ1) is 12.6. The molecule has 0 spiro atoms. The normalized spacial score (nSPS) is 50.4. The van der Waals surface area contributed by atoms with E-state index in [1.807, 2.05) is 0 Å². The molecule has 0 aromatic heterocycles. The van der Waals surface area contributed by atoms with Gasteiger partial charge >= 0.3 is 6.09 Å². The van der Waals surface area contributed by atoms with Crippen LogP contribution in [0.4, 0.5) is 4.79 Å². The first-order chi connectivity index (χ1) is 8.64. The summed E-state index contributed by atoms with van der Waals surface area (Å²) in [6.07, 6.45) is -0.435. The van der Waals surface area contributed by atoms with E-state index in [2.05, 4.69) is 51.9 Å². The number of rotatable bonds is 0. The number of carbonyl (C=O) groups is 1. The molecule has 2 aliphatic carbocycles. The van der Waals surface area contributed by atoms with Gasteiger partial charge in [-0.1, -0.05) is 30.2 Å². The number of fused-ring (bicyclic) bond motifs is 4. The van der Waals surface area contributed by atoms with Crippen molar-refractivity contribution in [3.63, 3.8) is 0 Å². The van der Waals surface area contributed by atoms with Crippen molar-refractivity contribution in [3.8, 4) is 0 Å². The number of methoxy groups -OCH3 is 1. The van der Waals surface area contributed by atoms with Gasteiger partial charge in [0, 0.05) is 10.8 Å². The summed E-state index contributed by atoms with van der Waals surface area (Å²) in [5.74, 6) is 0. The highest BCUT2D eigenvalue weighted by Crippen LogP contribution is 2.84. The maximum absolute atomic E-state index is 12.0. The van der Waals surface area contributed by atoms with Crippen LogP contribution in [0.5, 0.6) is 0 Å². The molecule has 0 unspecified atom stereocenters. The molecule has 1 aliphatic heterocycles. The average molecular weight is 263 g/mol. The molecule has 5 nitrogen and oxygen atoms in total. The number of amides is 1. The van der Waals surface area contributed by atoms with Crippen LogP contribution < -0.4 is 0 Å². The maximum Gasteiger partial charge on any atom is 0.432 e. The van der Waals surface area contributed by atoms with Gasteiger partial charge in [-0.2, -0.15) is 10.1 Å². The van der Waals surface area contributed by atoms with Gasteiger partial charge in [0.2, 0.25) is 0 Å². The second kappa shape index (κ2) is 2.86. The quantitative estimate of drug-likeness (QED) is 0.629. The van der Waals surface area contributed by atoms with E-state index in [9.17, 15) is 4.79 Å². The highest BCUT2D eigenvalue weighted by molar-refractivity contribution is 5.73. The third kappa shape index (κ3) is 0.753. The van der Waals surface area contributed by atoms with Crippen molar-refractivity contribution in [2.45, 2.75) is 52.6 Å². The van der Waals surface area contributed by atoms with Crippen LogP contribution in [-0.4, -0.2) is 29.3 Å². The molecule has 4 atom stereocenters. The standard InChI is InChI=1S/C14H21N3O2/c1-8-9(2)12(4)11(8,3)13(5)14(12,6)17(16-15-13)10(18)19-7/h1-7H3/t11-,12+,13-,14+/m1/s1. The lowest BCUT2D eigenvalue weighted by atomic mass is 9.23. The first-order valence-electron chi connectivity index (χ1n) is 6.64. The number of carbonyl (C=O) groups excluding carboxylic acids is 1. The van der Waals surface area contributed by atoms with Gasteiger partial charge in [-0.3, -0.25) is 0 Å². The van der Waals surface area contributed by atoms with Crippen molar-refractivity contribution < 1.29 is 9.53 Å². The number of nitrogens with zero attached hydrogens (tertiary/aromatic N) is 3. The van der Waals surface area contributed by atoms with Crippen LogP contribution in [0.2, 0.25) is 0 Å². The molecular formula is C14H21N3O2. The summed E-state index contributed by atoms with van der Waals surface area (Å²) < 4.78 is 4.86. The van der Waals surface area contributed by atoms with Crippen molar-refractivity contribution in [3.05, 3.63) is 11.1 Å². The zero-order valence-corrected chi connectivity index (χ0v) is 12.7. The monoisotopic (exact) mass is 263 g/mol. The average Bonchev–Trinajstić information content (AvgIpc) is 2.67. The Morgan fingerprint density at radius 2 is 1.63 bits per heavy atom. The molecule has 1 fully saturated rings.